The number of nitrogens with zero attached hydrogens (tertiary/aromatic N) is 2. The molecule has 2 heterocycles. The maximum Gasteiger partial charge on any atom is 0.176 e. The molecule has 2 aromatic heterocycles. The molecule has 0 bridgehead atoms. The first kappa shape index (κ1) is 13.6. The topological polar surface area (TPSA) is 34.4 Å². The van der Waals surface area contributed by atoms with Crippen LogP contribution in [0.1, 0.15) is 42.7 Å². The zero-order valence-electron chi connectivity index (χ0n) is 12.5. The van der Waals surface area contributed by atoms with Crippen LogP contribution >= 0.6 is 0 Å². The molecular weight excluding hydrogens is 260 g/mol. The molecule has 0 amide bonds. The van der Waals surface area contributed by atoms with Crippen molar-refractivity contribution in [2.75, 3.05) is 0 Å². The van der Waals surface area contributed by atoms with Crippen molar-refractivity contribution >= 4 is 11.4 Å². The van der Waals surface area contributed by atoms with Crippen LogP contribution in [0, 0.1) is 0 Å². The Morgan fingerprint density at radius 2 is 1.90 bits per heavy atom. The predicted octanol–water partition coefficient (Wildman–Crippen LogP) is 4.33. The maximum absolute atomic E-state index is 11.8. The normalized spacial score (nSPS) is 11.2. The van der Waals surface area contributed by atoms with Crippen LogP contribution in [0.2, 0.25) is 0 Å². The van der Waals surface area contributed by atoms with Crippen LogP contribution in [-0.2, 0) is 0 Å². The fourth-order valence-corrected chi connectivity index (χ4v) is 2.57. The summed E-state index contributed by atoms with van der Waals surface area (Å²) in [5.41, 5.74) is 4.88. The van der Waals surface area contributed by atoms with Crippen molar-refractivity contribution in [2.24, 2.45) is 0 Å². The molecule has 0 aliphatic rings. The summed E-state index contributed by atoms with van der Waals surface area (Å²) < 4.78 is 1.86. The zero-order valence-corrected chi connectivity index (χ0v) is 12.5. The van der Waals surface area contributed by atoms with Gasteiger partial charge < -0.3 is 0 Å². The molecule has 0 fully saturated rings. The van der Waals surface area contributed by atoms with Crippen LogP contribution in [-0.4, -0.2) is 15.2 Å². The lowest BCUT2D eigenvalue weighted by atomic mass is 9.99. The van der Waals surface area contributed by atoms with E-state index in [4.69, 9.17) is 0 Å². The Kier molecular flexibility index (Phi) is 3.34. The van der Waals surface area contributed by atoms with Gasteiger partial charge in [0.1, 0.15) is 5.65 Å². The van der Waals surface area contributed by atoms with Crippen LogP contribution < -0.4 is 0 Å². The number of rotatable bonds is 3. The highest BCUT2D eigenvalue weighted by atomic mass is 16.1. The van der Waals surface area contributed by atoms with Gasteiger partial charge in [-0.25, -0.2) is 4.98 Å². The Hall–Kier alpha value is -2.42. The average molecular weight is 278 g/mol. The number of aromatic nitrogens is 2. The van der Waals surface area contributed by atoms with E-state index in [2.05, 4.69) is 43.1 Å². The van der Waals surface area contributed by atoms with Gasteiger partial charge in [-0.15, -0.1) is 0 Å². The van der Waals surface area contributed by atoms with E-state index in [1.54, 1.807) is 13.1 Å². The molecular formula is C18H18N2O. The van der Waals surface area contributed by atoms with Crippen molar-refractivity contribution in [3.8, 4) is 11.1 Å². The number of Topliss-reactive ketones (excluding diaryl/α,β-unsaturated/α-hetero) is 1. The van der Waals surface area contributed by atoms with Crippen LogP contribution in [0.5, 0.6) is 0 Å². The van der Waals surface area contributed by atoms with E-state index in [1.165, 1.54) is 5.56 Å². The van der Waals surface area contributed by atoms with Crippen LogP contribution in [0.3, 0.4) is 0 Å². The minimum Gasteiger partial charge on any atom is -0.298 e. The first-order valence-corrected chi connectivity index (χ1v) is 7.15. The Balaban J connectivity index is 2.18. The lowest BCUT2D eigenvalue weighted by molar-refractivity contribution is 0.101. The van der Waals surface area contributed by atoms with Crippen molar-refractivity contribution in [2.45, 2.75) is 26.7 Å². The van der Waals surface area contributed by atoms with E-state index < -0.39 is 0 Å². The van der Waals surface area contributed by atoms with Gasteiger partial charge in [-0.1, -0.05) is 38.1 Å². The molecule has 3 nitrogen and oxygen atoms in total. The van der Waals surface area contributed by atoms with E-state index in [0.717, 1.165) is 16.8 Å². The molecule has 0 aliphatic carbocycles. The molecule has 0 aliphatic heterocycles. The summed E-state index contributed by atoms with van der Waals surface area (Å²) in [6, 6.07) is 12.2. The minimum atomic E-state index is 0.0445. The fourth-order valence-electron chi connectivity index (χ4n) is 2.57. The van der Waals surface area contributed by atoms with Gasteiger partial charge in [0.05, 0.1) is 5.69 Å². The summed E-state index contributed by atoms with van der Waals surface area (Å²) in [5.74, 6) is 0.554. The molecule has 106 valence electrons. The fraction of sp³-hybridized carbons (Fsp3) is 0.222. The van der Waals surface area contributed by atoms with Gasteiger partial charge in [-0.05, 0) is 29.2 Å². The number of carbonyl (C=O) groups excluding carboxylic acids is 1. The number of hydrogen-bond acceptors (Lipinski definition) is 2. The number of ketones is 1. The second-order valence-corrected chi connectivity index (χ2v) is 5.59. The summed E-state index contributed by atoms with van der Waals surface area (Å²) in [6.07, 6.45) is 3.64. The first-order chi connectivity index (χ1) is 10.1. The van der Waals surface area contributed by atoms with Crippen molar-refractivity contribution in [3.63, 3.8) is 0 Å². The molecule has 3 rings (SSSR count). The third-order valence-electron chi connectivity index (χ3n) is 3.78. The van der Waals surface area contributed by atoms with Gasteiger partial charge >= 0.3 is 0 Å². The van der Waals surface area contributed by atoms with Crippen LogP contribution in [0.15, 0.2) is 48.8 Å². The third-order valence-corrected chi connectivity index (χ3v) is 3.78. The van der Waals surface area contributed by atoms with E-state index >= 15 is 0 Å². The Morgan fingerprint density at radius 3 is 2.52 bits per heavy atom. The molecule has 0 spiro atoms. The van der Waals surface area contributed by atoms with Crippen molar-refractivity contribution < 1.29 is 4.79 Å². The third kappa shape index (κ3) is 2.35. The molecule has 1 aromatic carbocycles. The second-order valence-electron chi connectivity index (χ2n) is 5.59. The number of carbonyl (C=O) groups is 1. The lowest BCUT2D eigenvalue weighted by Crippen LogP contribution is -1.98. The highest BCUT2D eigenvalue weighted by molar-refractivity contribution is 5.97. The van der Waals surface area contributed by atoms with Crippen LogP contribution in [0.25, 0.3) is 16.8 Å². The van der Waals surface area contributed by atoms with Crippen molar-refractivity contribution in [1.29, 1.82) is 0 Å². The number of fused-ring (bicyclic) bond motifs is 1. The van der Waals surface area contributed by atoms with Gasteiger partial charge in [-0.2, -0.15) is 0 Å². The van der Waals surface area contributed by atoms with E-state index in [0.29, 0.717) is 11.6 Å². The van der Waals surface area contributed by atoms with Gasteiger partial charge in [0.15, 0.2) is 5.78 Å². The van der Waals surface area contributed by atoms with Gasteiger partial charge in [0, 0.05) is 24.9 Å². The molecule has 0 saturated heterocycles. The Bertz CT molecular complexity index is 798. The Labute approximate surface area is 124 Å². The average Bonchev–Trinajstić information content (AvgIpc) is 2.87. The highest BCUT2D eigenvalue weighted by Gasteiger charge is 2.14. The standard InChI is InChI=1S/C18H18N2O/c1-12(2)14-5-7-15(8-6-14)16-11-17(13(3)21)20-10-4-9-19-18(16)20/h4-12H,1-3H3. The summed E-state index contributed by atoms with van der Waals surface area (Å²) >= 11 is 0. The highest BCUT2D eigenvalue weighted by Crippen LogP contribution is 2.28. The molecule has 0 N–H and O–H groups in total. The summed E-state index contributed by atoms with van der Waals surface area (Å²) in [6.45, 7) is 5.94. The first-order valence-electron chi connectivity index (χ1n) is 7.15. The van der Waals surface area contributed by atoms with E-state index in [-0.39, 0.29) is 5.78 Å². The summed E-state index contributed by atoms with van der Waals surface area (Å²) in [7, 11) is 0. The Morgan fingerprint density at radius 1 is 1.19 bits per heavy atom. The zero-order chi connectivity index (χ0) is 15.0. The van der Waals surface area contributed by atoms with E-state index in [1.807, 2.05) is 22.7 Å². The molecule has 0 atom stereocenters. The lowest BCUT2D eigenvalue weighted by Gasteiger charge is -2.06. The molecule has 0 unspecified atom stereocenters. The second kappa shape index (κ2) is 5.17. The van der Waals surface area contributed by atoms with Gasteiger partial charge in [0.25, 0.3) is 0 Å². The maximum atomic E-state index is 11.8. The van der Waals surface area contributed by atoms with Gasteiger partial charge in [-0.3, -0.25) is 9.20 Å². The smallest absolute Gasteiger partial charge is 0.176 e. The monoisotopic (exact) mass is 278 g/mol. The minimum absolute atomic E-state index is 0.0445. The van der Waals surface area contributed by atoms with E-state index in [9.17, 15) is 4.79 Å². The predicted molar refractivity (Wildman–Crippen MR) is 84.7 cm³/mol. The molecule has 3 aromatic rings. The molecule has 21 heavy (non-hydrogen) atoms. The summed E-state index contributed by atoms with van der Waals surface area (Å²) in [5, 5.41) is 0. The quantitative estimate of drug-likeness (QED) is 0.668. The van der Waals surface area contributed by atoms with Crippen LogP contribution in [0.4, 0.5) is 0 Å². The SMILES string of the molecule is CC(=O)c1cc(-c2ccc(C(C)C)cc2)c2ncccn12. The molecule has 0 saturated carbocycles. The van der Waals surface area contributed by atoms with Crippen molar-refractivity contribution in [1.82, 2.24) is 9.38 Å². The van der Waals surface area contributed by atoms with Gasteiger partial charge in [0.2, 0.25) is 0 Å². The molecule has 0 radical (unpaired) electrons. The molecule has 3 heteroatoms. The summed E-state index contributed by atoms with van der Waals surface area (Å²) in [4.78, 5) is 16.2. The number of hydrogen-bond donors (Lipinski definition) is 0. The van der Waals surface area contributed by atoms with Crippen molar-refractivity contribution in [3.05, 3.63) is 60.0 Å². The number of benzene rings is 1. The largest absolute Gasteiger partial charge is 0.298 e.